The van der Waals surface area contributed by atoms with Crippen LogP contribution in [0.3, 0.4) is 0 Å². The van der Waals surface area contributed by atoms with Crippen LogP contribution in [0.2, 0.25) is 0 Å². The van der Waals surface area contributed by atoms with E-state index in [0.29, 0.717) is 19.4 Å². The Morgan fingerprint density at radius 2 is 2.45 bits per heavy atom. The minimum atomic E-state index is -0.863. The normalized spacial score (nSPS) is 12.1. The highest BCUT2D eigenvalue weighted by molar-refractivity contribution is 5.73. The molecule has 0 unspecified atom stereocenters. The SMILES string of the molecule is C=CN[C@@H](CCCN)C(=O)O. The van der Waals surface area contributed by atoms with Crippen molar-refractivity contribution in [3.63, 3.8) is 0 Å². The Labute approximate surface area is 66.1 Å². The molecule has 0 fully saturated rings. The average molecular weight is 158 g/mol. The highest BCUT2D eigenvalue weighted by Gasteiger charge is 2.13. The molecule has 0 amide bonds. The van der Waals surface area contributed by atoms with Gasteiger partial charge < -0.3 is 16.2 Å². The Kier molecular flexibility index (Phi) is 5.20. The Balaban J connectivity index is 3.69. The fraction of sp³-hybridized carbons (Fsp3) is 0.571. The zero-order valence-corrected chi connectivity index (χ0v) is 6.42. The maximum atomic E-state index is 10.4. The van der Waals surface area contributed by atoms with Gasteiger partial charge in [0, 0.05) is 0 Å². The lowest BCUT2D eigenvalue weighted by Gasteiger charge is -2.10. The molecule has 4 N–H and O–H groups in total. The van der Waals surface area contributed by atoms with Gasteiger partial charge in [-0.15, -0.1) is 0 Å². The van der Waals surface area contributed by atoms with Crippen molar-refractivity contribution < 1.29 is 9.90 Å². The number of carbonyl (C=O) groups is 1. The fourth-order valence-corrected chi connectivity index (χ4v) is 0.742. The first-order valence-corrected chi connectivity index (χ1v) is 3.52. The van der Waals surface area contributed by atoms with E-state index in [9.17, 15) is 4.79 Å². The van der Waals surface area contributed by atoms with Crippen LogP contribution in [0.25, 0.3) is 0 Å². The lowest BCUT2D eigenvalue weighted by atomic mass is 10.1. The number of rotatable bonds is 6. The quantitative estimate of drug-likeness (QED) is 0.505. The van der Waals surface area contributed by atoms with E-state index in [-0.39, 0.29) is 0 Å². The van der Waals surface area contributed by atoms with E-state index < -0.39 is 12.0 Å². The smallest absolute Gasteiger partial charge is 0.326 e. The summed E-state index contributed by atoms with van der Waals surface area (Å²) < 4.78 is 0. The highest BCUT2D eigenvalue weighted by atomic mass is 16.4. The van der Waals surface area contributed by atoms with E-state index in [0.717, 1.165) is 0 Å². The van der Waals surface area contributed by atoms with Gasteiger partial charge in [0.2, 0.25) is 0 Å². The number of carboxylic acid groups (broad SMARTS) is 1. The number of hydrogen-bond donors (Lipinski definition) is 3. The van der Waals surface area contributed by atoms with Crippen LogP contribution in [-0.2, 0) is 4.79 Å². The van der Waals surface area contributed by atoms with Gasteiger partial charge in [-0.1, -0.05) is 6.58 Å². The Bertz CT molecular complexity index is 136. The van der Waals surface area contributed by atoms with Crippen molar-refractivity contribution in [2.24, 2.45) is 5.73 Å². The zero-order valence-electron chi connectivity index (χ0n) is 6.42. The topological polar surface area (TPSA) is 75.3 Å². The lowest BCUT2D eigenvalue weighted by Crippen LogP contribution is -2.33. The molecular formula is C7H14N2O2. The molecule has 0 aliphatic heterocycles. The largest absolute Gasteiger partial charge is 0.480 e. The van der Waals surface area contributed by atoms with Crippen LogP contribution < -0.4 is 11.1 Å². The van der Waals surface area contributed by atoms with Gasteiger partial charge in [0.1, 0.15) is 6.04 Å². The molecule has 0 aliphatic rings. The summed E-state index contributed by atoms with van der Waals surface area (Å²) in [7, 11) is 0. The third kappa shape index (κ3) is 4.38. The molecule has 0 aromatic rings. The van der Waals surface area contributed by atoms with Crippen molar-refractivity contribution in [2.45, 2.75) is 18.9 Å². The van der Waals surface area contributed by atoms with Crippen molar-refractivity contribution in [1.29, 1.82) is 0 Å². The van der Waals surface area contributed by atoms with Gasteiger partial charge in [0.15, 0.2) is 0 Å². The maximum Gasteiger partial charge on any atom is 0.326 e. The molecule has 1 atom stereocenters. The monoisotopic (exact) mass is 158 g/mol. The molecule has 0 rings (SSSR count). The van der Waals surface area contributed by atoms with Gasteiger partial charge in [0.25, 0.3) is 0 Å². The summed E-state index contributed by atoms with van der Waals surface area (Å²) in [6, 6.07) is -0.545. The van der Waals surface area contributed by atoms with Crippen molar-refractivity contribution in [1.82, 2.24) is 5.32 Å². The summed E-state index contributed by atoms with van der Waals surface area (Å²) in [6.07, 6.45) is 2.63. The summed E-state index contributed by atoms with van der Waals surface area (Å²) in [5.41, 5.74) is 5.23. The summed E-state index contributed by atoms with van der Waals surface area (Å²) in [4.78, 5) is 10.4. The third-order valence-electron chi connectivity index (χ3n) is 1.31. The number of aliphatic carboxylic acids is 1. The van der Waals surface area contributed by atoms with Crippen LogP contribution in [0, 0.1) is 0 Å². The van der Waals surface area contributed by atoms with Crippen LogP contribution in [0.15, 0.2) is 12.8 Å². The maximum absolute atomic E-state index is 10.4. The summed E-state index contributed by atoms with van der Waals surface area (Å²) in [5, 5.41) is 11.2. The summed E-state index contributed by atoms with van der Waals surface area (Å²) in [5.74, 6) is -0.863. The van der Waals surface area contributed by atoms with Crippen molar-refractivity contribution >= 4 is 5.97 Å². The summed E-state index contributed by atoms with van der Waals surface area (Å²) >= 11 is 0. The molecule has 0 aliphatic carbocycles. The Hall–Kier alpha value is -1.03. The predicted molar refractivity (Wildman–Crippen MR) is 43.0 cm³/mol. The Morgan fingerprint density at radius 1 is 1.82 bits per heavy atom. The van der Waals surface area contributed by atoms with Crippen LogP contribution in [-0.4, -0.2) is 23.7 Å². The van der Waals surface area contributed by atoms with Crippen LogP contribution in [0.4, 0.5) is 0 Å². The van der Waals surface area contributed by atoms with Gasteiger partial charge in [0.05, 0.1) is 0 Å². The molecule has 0 aromatic heterocycles. The number of hydrogen-bond acceptors (Lipinski definition) is 3. The second-order valence-corrected chi connectivity index (χ2v) is 2.19. The van der Waals surface area contributed by atoms with Crippen molar-refractivity contribution in [3.8, 4) is 0 Å². The fourth-order valence-electron chi connectivity index (χ4n) is 0.742. The van der Waals surface area contributed by atoms with Crippen LogP contribution in [0.1, 0.15) is 12.8 Å². The third-order valence-corrected chi connectivity index (χ3v) is 1.31. The van der Waals surface area contributed by atoms with Gasteiger partial charge in [-0.05, 0) is 25.6 Å². The van der Waals surface area contributed by atoms with E-state index in [2.05, 4.69) is 11.9 Å². The van der Waals surface area contributed by atoms with E-state index >= 15 is 0 Å². The highest BCUT2D eigenvalue weighted by Crippen LogP contribution is 1.95. The minimum absolute atomic E-state index is 0.516. The first kappa shape index (κ1) is 9.97. The minimum Gasteiger partial charge on any atom is -0.480 e. The molecule has 0 saturated carbocycles. The molecule has 0 spiro atoms. The number of nitrogens with one attached hydrogen (secondary N) is 1. The zero-order chi connectivity index (χ0) is 8.69. The van der Waals surface area contributed by atoms with E-state index in [1.54, 1.807) is 0 Å². The van der Waals surface area contributed by atoms with Crippen LogP contribution in [0.5, 0.6) is 0 Å². The second-order valence-electron chi connectivity index (χ2n) is 2.19. The van der Waals surface area contributed by atoms with Crippen molar-refractivity contribution in [2.75, 3.05) is 6.54 Å². The standard InChI is InChI=1S/C7H14N2O2/c1-2-9-6(7(10)11)4-3-5-8/h2,6,9H,1,3-5,8H2,(H,10,11)/t6-/m0/s1. The first-order valence-electron chi connectivity index (χ1n) is 3.52. The molecule has 0 heterocycles. The molecule has 64 valence electrons. The number of nitrogens with two attached hydrogens (primary N) is 1. The first-order chi connectivity index (χ1) is 5.22. The van der Waals surface area contributed by atoms with Gasteiger partial charge in [-0.2, -0.15) is 0 Å². The molecule has 11 heavy (non-hydrogen) atoms. The predicted octanol–water partition coefficient (Wildman–Crippen LogP) is -0.0884. The van der Waals surface area contributed by atoms with Gasteiger partial charge in [-0.3, -0.25) is 0 Å². The summed E-state index contributed by atoms with van der Waals surface area (Å²) in [6.45, 7) is 3.90. The molecule has 0 bridgehead atoms. The van der Waals surface area contributed by atoms with Gasteiger partial charge >= 0.3 is 5.97 Å². The second kappa shape index (κ2) is 5.73. The molecule has 0 aromatic carbocycles. The van der Waals surface area contributed by atoms with Gasteiger partial charge in [-0.25, -0.2) is 4.79 Å². The molecule has 0 radical (unpaired) electrons. The van der Waals surface area contributed by atoms with E-state index in [4.69, 9.17) is 10.8 Å². The van der Waals surface area contributed by atoms with Crippen molar-refractivity contribution in [3.05, 3.63) is 12.8 Å². The molecular weight excluding hydrogens is 144 g/mol. The van der Waals surface area contributed by atoms with E-state index in [1.165, 1.54) is 6.20 Å². The Morgan fingerprint density at radius 3 is 2.82 bits per heavy atom. The van der Waals surface area contributed by atoms with E-state index in [1.807, 2.05) is 0 Å². The molecule has 4 heteroatoms. The number of carboxylic acids is 1. The lowest BCUT2D eigenvalue weighted by molar-refractivity contribution is -0.139. The average Bonchev–Trinajstić information content (AvgIpc) is 1.97. The van der Waals surface area contributed by atoms with Crippen LogP contribution >= 0.6 is 0 Å². The molecule has 4 nitrogen and oxygen atoms in total. The molecule has 0 saturated heterocycles.